The molecule has 2 atom stereocenters. The number of ether oxygens (including phenoxy) is 1. The predicted octanol–water partition coefficient (Wildman–Crippen LogP) is 1.95. The van der Waals surface area contributed by atoms with Crippen molar-refractivity contribution >= 4 is 34.4 Å². The van der Waals surface area contributed by atoms with Crippen molar-refractivity contribution in [3.63, 3.8) is 0 Å². The number of benzene rings is 1. The SMILES string of the molecule is COCC(C)N=C1NC(=O)C(CC(=O)Nc2ccc(C)cc2)S1. The quantitative estimate of drug-likeness (QED) is 0.833. The molecule has 2 unspecified atom stereocenters. The summed E-state index contributed by atoms with van der Waals surface area (Å²) in [5.41, 5.74) is 1.85. The number of nitrogens with one attached hydrogen (secondary N) is 2. The molecule has 2 N–H and O–H groups in total. The molecule has 0 bridgehead atoms. The fourth-order valence-electron chi connectivity index (χ4n) is 2.10. The summed E-state index contributed by atoms with van der Waals surface area (Å²) in [7, 11) is 1.61. The monoisotopic (exact) mass is 335 g/mol. The van der Waals surface area contributed by atoms with Gasteiger partial charge in [-0.2, -0.15) is 0 Å². The number of hydrogen-bond acceptors (Lipinski definition) is 5. The Kier molecular flexibility index (Phi) is 6.18. The first-order valence-electron chi connectivity index (χ1n) is 7.38. The lowest BCUT2D eigenvalue weighted by molar-refractivity contribution is -0.122. The zero-order chi connectivity index (χ0) is 16.8. The molecule has 1 heterocycles. The Morgan fingerprint density at radius 1 is 1.43 bits per heavy atom. The molecule has 124 valence electrons. The third kappa shape index (κ3) is 5.37. The van der Waals surface area contributed by atoms with Crippen molar-refractivity contribution in [2.75, 3.05) is 19.0 Å². The van der Waals surface area contributed by atoms with E-state index in [1.807, 2.05) is 38.1 Å². The molecule has 6 nitrogen and oxygen atoms in total. The van der Waals surface area contributed by atoms with Crippen LogP contribution in [0, 0.1) is 6.92 Å². The molecule has 1 aliphatic heterocycles. The van der Waals surface area contributed by atoms with E-state index in [1.165, 1.54) is 11.8 Å². The van der Waals surface area contributed by atoms with Gasteiger partial charge in [-0.25, -0.2) is 0 Å². The summed E-state index contributed by atoms with van der Waals surface area (Å²) in [6.45, 7) is 4.37. The van der Waals surface area contributed by atoms with Gasteiger partial charge >= 0.3 is 0 Å². The van der Waals surface area contributed by atoms with Gasteiger partial charge in [0.2, 0.25) is 11.8 Å². The van der Waals surface area contributed by atoms with Crippen molar-refractivity contribution in [3.05, 3.63) is 29.8 Å². The van der Waals surface area contributed by atoms with Crippen LogP contribution in [0.5, 0.6) is 0 Å². The number of hydrogen-bond donors (Lipinski definition) is 2. The maximum Gasteiger partial charge on any atom is 0.240 e. The van der Waals surface area contributed by atoms with E-state index in [1.54, 1.807) is 7.11 Å². The average Bonchev–Trinajstić information content (AvgIpc) is 2.81. The van der Waals surface area contributed by atoms with Crippen molar-refractivity contribution < 1.29 is 14.3 Å². The van der Waals surface area contributed by atoms with Crippen molar-refractivity contribution in [2.45, 2.75) is 31.6 Å². The number of amides is 2. The highest BCUT2D eigenvalue weighted by molar-refractivity contribution is 8.15. The van der Waals surface area contributed by atoms with Crippen LogP contribution in [-0.4, -0.2) is 42.0 Å². The second-order valence-electron chi connectivity index (χ2n) is 5.45. The first-order chi connectivity index (χ1) is 11.0. The third-order valence-electron chi connectivity index (χ3n) is 3.23. The third-order valence-corrected chi connectivity index (χ3v) is 4.32. The number of thioether (sulfide) groups is 1. The zero-order valence-electron chi connectivity index (χ0n) is 13.5. The lowest BCUT2D eigenvalue weighted by Gasteiger charge is -2.08. The minimum atomic E-state index is -0.450. The highest BCUT2D eigenvalue weighted by Crippen LogP contribution is 2.23. The van der Waals surface area contributed by atoms with Crippen LogP contribution >= 0.6 is 11.8 Å². The predicted molar refractivity (Wildman–Crippen MR) is 92.7 cm³/mol. The molecule has 1 aromatic rings. The number of rotatable bonds is 6. The molecule has 1 saturated heterocycles. The van der Waals surface area contributed by atoms with E-state index < -0.39 is 5.25 Å². The van der Waals surface area contributed by atoms with Crippen LogP contribution in [0.4, 0.5) is 5.69 Å². The maximum absolute atomic E-state index is 12.1. The lowest BCUT2D eigenvalue weighted by atomic mass is 10.2. The van der Waals surface area contributed by atoms with Crippen LogP contribution in [0.1, 0.15) is 18.9 Å². The van der Waals surface area contributed by atoms with Crippen molar-refractivity contribution in [1.29, 1.82) is 0 Å². The van der Waals surface area contributed by atoms with Gasteiger partial charge in [0.05, 0.1) is 12.6 Å². The summed E-state index contributed by atoms with van der Waals surface area (Å²) in [4.78, 5) is 28.4. The normalized spacial score (nSPS) is 20.4. The van der Waals surface area contributed by atoms with Gasteiger partial charge in [-0.3, -0.25) is 14.6 Å². The molecule has 1 aromatic carbocycles. The number of anilines is 1. The van der Waals surface area contributed by atoms with Gasteiger partial charge in [-0.1, -0.05) is 29.5 Å². The molecule has 2 amide bonds. The average molecular weight is 335 g/mol. The zero-order valence-corrected chi connectivity index (χ0v) is 14.3. The van der Waals surface area contributed by atoms with Crippen molar-refractivity contribution in [1.82, 2.24) is 5.32 Å². The molecule has 1 aliphatic rings. The first kappa shape index (κ1) is 17.5. The Labute approximate surface area is 140 Å². The molecule has 23 heavy (non-hydrogen) atoms. The number of carbonyl (C=O) groups is 2. The van der Waals surface area contributed by atoms with Crippen LogP contribution in [0.2, 0.25) is 0 Å². The Hall–Kier alpha value is -1.86. The highest BCUT2D eigenvalue weighted by atomic mass is 32.2. The van der Waals surface area contributed by atoms with Crippen LogP contribution in [0.3, 0.4) is 0 Å². The standard InChI is InChI=1S/C16H21N3O3S/c1-10-4-6-12(7-5-10)18-14(20)8-13-15(21)19-16(23-13)17-11(2)9-22-3/h4-7,11,13H,8-9H2,1-3H3,(H,18,20)(H,17,19,21). The Bertz CT molecular complexity index is 601. The largest absolute Gasteiger partial charge is 0.382 e. The number of nitrogens with zero attached hydrogens (tertiary/aromatic N) is 1. The van der Waals surface area contributed by atoms with Gasteiger partial charge in [-0.05, 0) is 26.0 Å². The number of amidine groups is 1. The summed E-state index contributed by atoms with van der Waals surface area (Å²) < 4.78 is 5.01. The molecule has 1 fully saturated rings. The number of carbonyl (C=O) groups excluding carboxylic acids is 2. The van der Waals surface area contributed by atoms with Crippen LogP contribution in [-0.2, 0) is 14.3 Å². The topological polar surface area (TPSA) is 79.8 Å². The summed E-state index contributed by atoms with van der Waals surface area (Å²) in [6.07, 6.45) is 0.113. The lowest BCUT2D eigenvalue weighted by Crippen LogP contribution is -2.28. The minimum Gasteiger partial charge on any atom is -0.382 e. The molecule has 7 heteroatoms. The molecule has 2 rings (SSSR count). The van der Waals surface area contributed by atoms with E-state index in [0.717, 1.165) is 11.3 Å². The van der Waals surface area contributed by atoms with Gasteiger partial charge in [0.1, 0.15) is 5.25 Å². The smallest absolute Gasteiger partial charge is 0.240 e. The van der Waals surface area contributed by atoms with E-state index >= 15 is 0 Å². The van der Waals surface area contributed by atoms with Gasteiger partial charge < -0.3 is 15.4 Å². The molecular weight excluding hydrogens is 314 g/mol. The van der Waals surface area contributed by atoms with E-state index in [9.17, 15) is 9.59 Å². The number of aliphatic imine (C=N–C) groups is 1. The van der Waals surface area contributed by atoms with Crippen LogP contribution in [0.25, 0.3) is 0 Å². The van der Waals surface area contributed by atoms with Gasteiger partial charge in [0, 0.05) is 19.2 Å². The fraction of sp³-hybridized carbons (Fsp3) is 0.438. The van der Waals surface area contributed by atoms with Gasteiger partial charge in [0.25, 0.3) is 0 Å². The van der Waals surface area contributed by atoms with E-state index in [2.05, 4.69) is 15.6 Å². The van der Waals surface area contributed by atoms with Crippen LogP contribution < -0.4 is 10.6 Å². The van der Waals surface area contributed by atoms with E-state index in [0.29, 0.717) is 11.8 Å². The van der Waals surface area contributed by atoms with Gasteiger partial charge in [0.15, 0.2) is 5.17 Å². The summed E-state index contributed by atoms with van der Waals surface area (Å²) >= 11 is 1.29. The van der Waals surface area contributed by atoms with E-state index in [-0.39, 0.29) is 24.3 Å². The summed E-state index contributed by atoms with van der Waals surface area (Å²) in [5, 5.41) is 5.61. The molecule has 0 aromatic heterocycles. The van der Waals surface area contributed by atoms with Crippen molar-refractivity contribution in [2.24, 2.45) is 4.99 Å². The summed E-state index contributed by atoms with van der Waals surface area (Å²) in [6, 6.07) is 7.49. The van der Waals surface area contributed by atoms with Gasteiger partial charge in [-0.15, -0.1) is 0 Å². The van der Waals surface area contributed by atoms with Crippen LogP contribution in [0.15, 0.2) is 29.3 Å². The van der Waals surface area contributed by atoms with E-state index in [4.69, 9.17) is 4.74 Å². The second kappa shape index (κ2) is 8.12. The Morgan fingerprint density at radius 2 is 2.13 bits per heavy atom. The maximum atomic E-state index is 12.1. The Balaban J connectivity index is 1.88. The number of methoxy groups -OCH3 is 1. The summed E-state index contributed by atoms with van der Waals surface area (Å²) in [5.74, 6) is -0.370. The molecular formula is C16H21N3O3S. The molecule has 0 radical (unpaired) electrons. The minimum absolute atomic E-state index is 0.0389. The fourth-order valence-corrected chi connectivity index (χ4v) is 3.17. The second-order valence-corrected chi connectivity index (χ2v) is 6.64. The number of aryl methyl sites for hydroxylation is 1. The van der Waals surface area contributed by atoms with Crippen molar-refractivity contribution in [3.8, 4) is 0 Å². The first-order valence-corrected chi connectivity index (χ1v) is 8.26. The molecule has 0 saturated carbocycles. The highest BCUT2D eigenvalue weighted by Gasteiger charge is 2.32. The Morgan fingerprint density at radius 3 is 2.78 bits per heavy atom. The molecule has 0 aliphatic carbocycles. The molecule has 0 spiro atoms.